The Kier molecular flexibility index (Phi) is 3.93. The van der Waals surface area contributed by atoms with Gasteiger partial charge in [0.15, 0.2) is 0 Å². The molecule has 27 heavy (non-hydrogen) atoms. The van der Waals surface area contributed by atoms with Crippen LogP contribution < -0.4 is 5.73 Å². The fraction of sp³-hybridized carbons (Fsp3) is 0.455. The molecule has 4 aliphatic heterocycles. The van der Waals surface area contributed by atoms with Crippen LogP contribution in [0.1, 0.15) is 40.2 Å². The molecule has 1 aromatic heterocycles. The number of fused-ring (bicyclic) bond motifs is 2. The summed E-state index contributed by atoms with van der Waals surface area (Å²) in [5, 5.41) is 0. The maximum Gasteiger partial charge on any atom is 0.254 e. The van der Waals surface area contributed by atoms with Crippen molar-refractivity contribution in [2.75, 3.05) is 25.4 Å². The largest absolute Gasteiger partial charge is 0.384 e. The molecule has 140 valence electrons. The van der Waals surface area contributed by atoms with Crippen LogP contribution in [0.3, 0.4) is 0 Å². The van der Waals surface area contributed by atoms with Gasteiger partial charge in [-0.15, -0.1) is 0 Å². The monoisotopic (exact) mass is 362 g/mol. The molecule has 5 heterocycles. The van der Waals surface area contributed by atoms with Gasteiger partial charge in [0.2, 0.25) is 0 Å². The maximum absolute atomic E-state index is 13.4. The first-order valence-corrected chi connectivity index (χ1v) is 9.95. The first kappa shape index (κ1) is 16.8. The number of aromatic nitrogens is 1. The van der Waals surface area contributed by atoms with Gasteiger partial charge in [0.05, 0.1) is 6.04 Å². The predicted molar refractivity (Wildman–Crippen MR) is 105 cm³/mol. The summed E-state index contributed by atoms with van der Waals surface area (Å²) in [7, 11) is 0. The van der Waals surface area contributed by atoms with E-state index in [1.54, 1.807) is 18.3 Å². The van der Waals surface area contributed by atoms with E-state index in [-0.39, 0.29) is 5.91 Å². The molecule has 0 spiro atoms. The number of nitrogens with zero attached hydrogens (tertiary/aromatic N) is 3. The third-order valence-corrected chi connectivity index (χ3v) is 6.79. The second kappa shape index (κ2) is 6.34. The van der Waals surface area contributed by atoms with Gasteiger partial charge in [0.25, 0.3) is 5.91 Å². The zero-order chi connectivity index (χ0) is 18.5. The minimum atomic E-state index is 0.0995. The van der Waals surface area contributed by atoms with E-state index in [0.29, 0.717) is 35.3 Å². The van der Waals surface area contributed by atoms with Crippen LogP contribution >= 0.6 is 0 Å². The number of carbonyl (C=O) groups is 1. The van der Waals surface area contributed by atoms with E-state index in [2.05, 4.69) is 46.0 Å². The van der Waals surface area contributed by atoms with Gasteiger partial charge >= 0.3 is 0 Å². The van der Waals surface area contributed by atoms with Crippen LogP contribution in [-0.2, 0) is 0 Å². The summed E-state index contributed by atoms with van der Waals surface area (Å²) in [5.74, 6) is 1.49. The number of aryl methyl sites for hydroxylation is 1. The zero-order valence-corrected chi connectivity index (χ0v) is 15.7. The Labute approximate surface area is 160 Å². The van der Waals surface area contributed by atoms with Gasteiger partial charge < -0.3 is 10.6 Å². The standard InChI is InChI=1S/C22H26N4O/c1-14-2-4-15(5-3-14)18-13-26(22(27)17-6-9-24-19(23)12-17)20-16-7-10-25(11-8-16)21(18)20/h2-6,9,12,16,18,20-21H,7-8,10-11,13H2,1H3,(H2,23,24)/t18-,20+,21+/m0/s1. The third-order valence-electron chi connectivity index (χ3n) is 6.79. The molecular weight excluding hydrogens is 336 g/mol. The Morgan fingerprint density at radius 3 is 2.56 bits per heavy atom. The molecule has 0 aliphatic carbocycles. The molecule has 4 aliphatic rings. The van der Waals surface area contributed by atoms with E-state index in [0.717, 1.165) is 6.54 Å². The van der Waals surface area contributed by atoms with Gasteiger partial charge in [-0.05, 0) is 56.5 Å². The Hall–Kier alpha value is -2.40. The summed E-state index contributed by atoms with van der Waals surface area (Å²) in [6.07, 6.45) is 4.03. The van der Waals surface area contributed by atoms with Crippen molar-refractivity contribution in [3.8, 4) is 0 Å². The normalized spacial score (nSPS) is 31.7. The van der Waals surface area contributed by atoms with Crippen molar-refractivity contribution < 1.29 is 4.79 Å². The molecule has 4 saturated heterocycles. The van der Waals surface area contributed by atoms with Gasteiger partial charge in [-0.3, -0.25) is 9.69 Å². The number of pyridine rings is 1. The molecule has 0 saturated carbocycles. The zero-order valence-electron chi connectivity index (χ0n) is 15.7. The number of anilines is 1. The van der Waals surface area contributed by atoms with Crippen LogP contribution in [0.5, 0.6) is 0 Å². The Balaban J connectivity index is 1.52. The molecule has 0 unspecified atom stereocenters. The summed E-state index contributed by atoms with van der Waals surface area (Å²) in [5.41, 5.74) is 9.12. The summed E-state index contributed by atoms with van der Waals surface area (Å²) < 4.78 is 0. The minimum absolute atomic E-state index is 0.0995. The number of rotatable bonds is 2. The lowest BCUT2D eigenvalue weighted by atomic mass is 9.75. The summed E-state index contributed by atoms with van der Waals surface area (Å²) in [6.45, 7) is 5.24. The number of likely N-dealkylation sites (tertiary alicyclic amines) is 1. The lowest BCUT2D eigenvalue weighted by Crippen LogP contribution is -2.60. The minimum Gasteiger partial charge on any atom is -0.384 e. The van der Waals surface area contributed by atoms with Gasteiger partial charge in [-0.2, -0.15) is 0 Å². The molecule has 5 nitrogen and oxygen atoms in total. The SMILES string of the molecule is Cc1ccc([C@@H]2CN(C(=O)c3ccnc(N)c3)[C@@H]3C4CCN(CC4)[C@@H]32)cc1. The van der Waals surface area contributed by atoms with Crippen LogP contribution in [0.15, 0.2) is 42.6 Å². The Morgan fingerprint density at radius 1 is 1.11 bits per heavy atom. The van der Waals surface area contributed by atoms with E-state index < -0.39 is 0 Å². The topological polar surface area (TPSA) is 62.5 Å². The highest BCUT2D eigenvalue weighted by molar-refractivity contribution is 5.95. The average Bonchev–Trinajstić information content (AvgIpc) is 3.12. The lowest BCUT2D eigenvalue weighted by Gasteiger charge is -2.51. The van der Waals surface area contributed by atoms with Crippen molar-refractivity contribution in [2.45, 2.75) is 37.8 Å². The molecule has 6 rings (SSSR count). The van der Waals surface area contributed by atoms with Gasteiger partial charge in [0.1, 0.15) is 5.82 Å². The molecular formula is C22H26N4O. The Bertz CT molecular complexity index is 857. The van der Waals surface area contributed by atoms with E-state index in [1.165, 1.54) is 37.1 Å². The maximum atomic E-state index is 13.4. The molecule has 0 radical (unpaired) electrons. The number of hydrogen-bond donors (Lipinski definition) is 1. The molecule has 2 N–H and O–H groups in total. The number of piperidine rings is 3. The van der Waals surface area contributed by atoms with Crippen molar-refractivity contribution >= 4 is 11.7 Å². The number of benzene rings is 1. The van der Waals surface area contributed by atoms with Crippen molar-refractivity contribution in [3.05, 3.63) is 59.3 Å². The van der Waals surface area contributed by atoms with E-state index in [1.807, 2.05) is 0 Å². The fourth-order valence-electron chi connectivity index (χ4n) is 5.51. The summed E-state index contributed by atoms with van der Waals surface area (Å²) in [4.78, 5) is 22.2. The highest BCUT2D eigenvalue weighted by Gasteiger charge is 2.54. The first-order valence-electron chi connectivity index (χ1n) is 9.95. The number of nitrogens with two attached hydrogens (primary N) is 1. The van der Waals surface area contributed by atoms with E-state index in [4.69, 9.17) is 5.73 Å². The predicted octanol–water partition coefficient (Wildman–Crippen LogP) is 2.67. The second-order valence-electron chi connectivity index (χ2n) is 8.30. The number of hydrogen-bond acceptors (Lipinski definition) is 4. The molecule has 2 aromatic rings. The molecule has 5 heteroatoms. The first-order chi connectivity index (χ1) is 13.1. The lowest BCUT2D eigenvalue weighted by molar-refractivity contribution is -0.00340. The van der Waals surface area contributed by atoms with Crippen LogP contribution in [-0.4, -0.2) is 52.4 Å². The number of nitrogen functional groups attached to an aromatic ring is 1. The molecule has 1 aromatic carbocycles. The van der Waals surface area contributed by atoms with Gasteiger partial charge in [-0.1, -0.05) is 29.8 Å². The van der Waals surface area contributed by atoms with Crippen LogP contribution in [0.2, 0.25) is 0 Å². The van der Waals surface area contributed by atoms with Crippen molar-refractivity contribution in [3.63, 3.8) is 0 Å². The highest BCUT2D eigenvalue weighted by atomic mass is 16.2. The average molecular weight is 362 g/mol. The molecule has 2 bridgehead atoms. The van der Waals surface area contributed by atoms with E-state index >= 15 is 0 Å². The highest BCUT2D eigenvalue weighted by Crippen LogP contribution is 2.47. The fourth-order valence-corrected chi connectivity index (χ4v) is 5.51. The molecule has 4 fully saturated rings. The molecule has 1 amide bonds. The Morgan fingerprint density at radius 2 is 1.85 bits per heavy atom. The molecule has 3 atom stereocenters. The number of amides is 1. The van der Waals surface area contributed by atoms with Crippen LogP contribution in [0.4, 0.5) is 5.82 Å². The van der Waals surface area contributed by atoms with Crippen molar-refractivity contribution in [1.29, 1.82) is 0 Å². The van der Waals surface area contributed by atoms with Crippen LogP contribution in [0, 0.1) is 12.8 Å². The quantitative estimate of drug-likeness (QED) is 0.892. The smallest absolute Gasteiger partial charge is 0.254 e. The summed E-state index contributed by atoms with van der Waals surface area (Å²) in [6, 6.07) is 13.1. The van der Waals surface area contributed by atoms with E-state index in [9.17, 15) is 4.79 Å². The third kappa shape index (κ3) is 2.72. The van der Waals surface area contributed by atoms with Crippen LogP contribution in [0.25, 0.3) is 0 Å². The van der Waals surface area contributed by atoms with Gasteiger partial charge in [0, 0.05) is 30.3 Å². The van der Waals surface area contributed by atoms with Crippen molar-refractivity contribution in [2.24, 2.45) is 5.92 Å². The second-order valence-corrected chi connectivity index (χ2v) is 8.30. The number of carbonyl (C=O) groups excluding carboxylic acids is 1. The van der Waals surface area contributed by atoms with Gasteiger partial charge in [-0.25, -0.2) is 4.98 Å². The van der Waals surface area contributed by atoms with Crippen molar-refractivity contribution in [1.82, 2.24) is 14.8 Å². The summed E-state index contributed by atoms with van der Waals surface area (Å²) >= 11 is 0.